The zero-order chi connectivity index (χ0) is 24.1. The number of nitrogens with one attached hydrogen (secondary N) is 3. The molecule has 1 aliphatic heterocycles. The van der Waals surface area contributed by atoms with Gasteiger partial charge >= 0.3 is 6.03 Å². The summed E-state index contributed by atoms with van der Waals surface area (Å²) in [4.78, 5) is 53.1. The van der Waals surface area contributed by atoms with Crippen molar-refractivity contribution in [1.29, 1.82) is 0 Å². The van der Waals surface area contributed by atoms with E-state index in [9.17, 15) is 19.2 Å². The molecule has 1 saturated heterocycles. The van der Waals surface area contributed by atoms with Gasteiger partial charge in [-0.1, -0.05) is 29.8 Å². The van der Waals surface area contributed by atoms with E-state index in [0.717, 1.165) is 15.5 Å². The molecule has 1 fully saturated rings. The summed E-state index contributed by atoms with van der Waals surface area (Å²) >= 11 is 7.64. The van der Waals surface area contributed by atoms with E-state index in [-0.39, 0.29) is 43.7 Å². The van der Waals surface area contributed by atoms with E-state index in [0.29, 0.717) is 22.1 Å². The third kappa shape index (κ3) is 5.77. The van der Waals surface area contributed by atoms with Crippen molar-refractivity contribution in [2.75, 3.05) is 23.7 Å². The molecule has 0 saturated carbocycles. The first-order valence-corrected chi connectivity index (χ1v) is 11.6. The molecule has 0 bridgehead atoms. The first-order chi connectivity index (χ1) is 16.4. The molecule has 9 nitrogen and oxygen atoms in total. The van der Waals surface area contributed by atoms with Crippen LogP contribution in [0, 0.1) is 0 Å². The zero-order valence-corrected chi connectivity index (χ0v) is 19.4. The number of thiazole rings is 1. The van der Waals surface area contributed by atoms with Crippen molar-refractivity contribution in [2.45, 2.75) is 12.8 Å². The smallest absolute Gasteiger partial charge is 0.324 e. The number of rotatable bonds is 8. The summed E-state index contributed by atoms with van der Waals surface area (Å²) in [5, 5.41) is 11.1. The summed E-state index contributed by atoms with van der Waals surface area (Å²) in [6.45, 7) is -0.0297. The molecule has 4 rings (SSSR count). The second-order valence-corrected chi connectivity index (χ2v) is 8.69. The number of nitrogens with zero attached hydrogens (tertiary/aromatic N) is 2. The quantitative estimate of drug-likeness (QED) is 0.411. The Labute approximate surface area is 204 Å². The summed E-state index contributed by atoms with van der Waals surface area (Å²) in [7, 11) is 0. The molecule has 0 aliphatic carbocycles. The van der Waals surface area contributed by atoms with Gasteiger partial charge < -0.3 is 16.0 Å². The lowest BCUT2D eigenvalue weighted by molar-refractivity contribution is -0.125. The number of hydrogen-bond acceptors (Lipinski definition) is 6. The van der Waals surface area contributed by atoms with Crippen LogP contribution in [0.5, 0.6) is 0 Å². The molecule has 11 heteroatoms. The van der Waals surface area contributed by atoms with Crippen LogP contribution in [0.4, 0.5) is 16.2 Å². The minimum atomic E-state index is -0.490. The van der Waals surface area contributed by atoms with E-state index in [1.807, 2.05) is 23.6 Å². The van der Waals surface area contributed by atoms with Gasteiger partial charge in [-0.05, 0) is 30.3 Å². The highest BCUT2D eigenvalue weighted by Crippen LogP contribution is 2.30. The van der Waals surface area contributed by atoms with Gasteiger partial charge in [0.15, 0.2) is 0 Å². The lowest BCUT2D eigenvalue weighted by Gasteiger charge is -2.12. The number of carbonyl (C=O) groups excluding carboxylic acids is 4. The van der Waals surface area contributed by atoms with Gasteiger partial charge in [0, 0.05) is 35.3 Å². The molecule has 1 aromatic heterocycles. The molecule has 5 amide bonds. The van der Waals surface area contributed by atoms with E-state index in [4.69, 9.17) is 11.6 Å². The first kappa shape index (κ1) is 23.4. The summed E-state index contributed by atoms with van der Waals surface area (Å²) in [6.07, 6.45) is 0.101. The van der Waals surface area contributed by atoms with Crippen molar-refractivity contribution < 1.29 is 19.2 Å². The van der Waals surface area contributed by atoms with Crippen LogP contribution in [0.25, 0.3) is 10.6 Å². The number of hydrogen-bond donors (Lipinski definition) is 3. The predicted octanol–water partition coefficient (Wildman–Crippen LogP) is 3.53. The summed E-state index contributed by atoms with van der Waals surface area (Å²) in [5.74, 6) is -0.904. The fourth-order valence-electron chi connectivity index (χ4n) is 3.27. The number of urea groups is 1. The number of imide groups is 1. The third-order valence-electron chi connectivity index (χ3n) is 4.95. The summed E-state index contributed by atoms with van der Waals surface area (Å²) in [6, 6.07) is 13.6. The van der Waals surface area contributed by atoms with Gasteiger partial charge in [0.05, 0.1) is 23.7 Å². The maximum atomic E-state index is 12.4. The minimum Gasteiger partial charge on any atom is -0.329 e. The van der Waals surface area contributed by atoms with Crippen molar-refractivity contribution in [1.82, 2.24) is 15.2 Å². The number of carbonyl (C=O) groups is 4. The SMILES string of the molecule is O=C(CCN1C(=O)CNC1=O)Nc1ccc(NC(=O)Cc2csc(-c3ccccc3Cl)n2)cc1. The number of anilines is 2. The molecule has 1 aliphatic rings. The number of halogens is 1. The maximum Gasteiger partial charge on any atom is 0.324 e. The Morgan fingerprint density at radius 1 is 1.03 bits per heavy atom. The Bertz CT molecular complexity index is 1230. The highest BCUT2D eigenvalue weighted by Gasteiger charge is 2.28. The van der Waals surface area contributed by atoms with Gasteiger partial charge in [-0.3, -0.25) is 19.3 Å². The molecule has 0 spiro atoms. The lowest BCUT2D eigenvalue weighted by atomic mass is 10.2. The van der Waals surface area contributed by atoms with Crippen molar-refractivity contribution in [2.24, 2.45) is 0 Å². The Morgan fingerprint density at radius 3 is 2.35 bits per heavy atom. The van der Waals surface area contributed by atoms with Crippen molar-refractivity contribution in [3.8, 4) is 10.6 Å². The van der Waals surface area contributed by atoms with Crippen LogP contribution in [-0.4, -0.2) is 46.7 Å². The Hall–Kier alpha value is -3.76. The fourth-order valence-corrected chi connectivity index (χ4v) is 4.41. The van der Waals surface area contributed by atoms with Crippen molar-refractivity contribution in [3.05, 3.63) is 64.6 Å². The molecule has 3 N–H and O–H groups in total. The highest BCUT2D eigenvalue weighted by atomic mass is 35.5. The van der Waals surface area contributed by atoms with E-state index in [1.165, 1.54) is 11.3 Å². The van der Waals surface area contributed by atoms with Gasteiger partial charge in [0.25, 0.3) is 0 Å². The number of aromatic nitrogens is 1. The van der Waals surface area contributed by atoms with Crippen LogP contribution in [0.1, 0.15) is 12.1 Å². The predicted molar refractivity (Wildman–Crippen MR) is 130 cm³/mol. The van der Waals surface area contributed by atoms with Crippen molar-refractivity contribution in [3.63, 3.8) is 0 Å². The molecule has 2 aromatic carbocycles. The van der Waals surface area contributed by atoms with Crippen LogP contribution < -0.4 is 16.0 Å². The summed E-state index contributed by atoms with van der Waals surface area (Å²) in [5.41, 5.74) is 2.58. The van der Waals surface area contributed by atoms with Gasteiger partial charge in [0.2, 0.25) is 17.7 Å². The van der Waals surface area contributed by atoms with Gasteiger partial charge in [-0.15, -0.1) is 11.3 Å². The van der Waals surface area contributed by atoms with Gasteiger partial charge in [-0.2, -0.15) is 0 Å². The summed E-state index contributed by atoms with van der Waals surface area (Å²) < 4.78 is 0. The average molecular weight is 498 g/mol. The normalized spacial score (nSPS) is 13.0. The largest absolute Gasteiger partial charge is 0.329 e. The second-order valence-electron chi connectivity index (χ2n) is 7.43. The van der Waals surface area contributed by atoms with Gasteiger partial charge in [-0.25, -0.2) is 9.78 Å². The Balaban J connectivity index is 1.26. The molecular formula is C23H20ClN5O4S. The average Bonchev–Trinajstić information content (AvgIpc) is 3.40. The van der Waals surface area contributed by atoms with Crippen LogP contribution in [0.2, 0.25) is 5.02 Å². The Morgan fingerprint density at radius 2 is 1.71 bits per heavy atom. The monoisotopic (exact) mass is 497 g/mol. The van der Waals surface area contributed by atoms with Crippen molar-refractivity contribution >= 4 is 58.1 Å². The van der Waals surface area contributed by atoms with Crippen LogP contribution in [0.15, 0.2) is 53.9 Å². The topological polar surface area (TPSA) is 121 Å². The molecule has 0 unspecified atom stereocenters. The zero-order valence-electron chi connectivity index (χ0n) is 17.8. The van der Waals surface area contributed by atoms with E-state index < -0.39 is 6.03 Å². The molecule has 0 radical (unpaired) electrons. The number of amides is 5. The Kier molecular flexibility index (Phi) is 7.19. The van der Waals surface area contributed by atoms with Crippen LogP contribution in [0.3, 0.4) is 0 Å². The second kappa shape index (κ2) is 10.4. The molecule has 2 heterocycles. The molecule has 3 aromatic rings. The molecule has 0 atom stereocenters. The standard InChI is InChI=1S/C23H20ClN5O4S/c24-18-4-2-1-3-17(18)22-28-16(13-34-22)11-20(31)27-15-7-5-14(6-8-15)26-19(30)9-10-29-21(32)12-25-23(29)33/h1-8,13H,9-12H2,(H,25,33)(H,26,30)(H,27,31). The van der Waals surface area contributed by atoms with Crippen LogP contribution >= 0.6 is 22.9 Å². The third-order valence-corrected chi connectivity index (χ3v) is 6.20. The fraction of sp³-hybridized carbons (Fsp3) is 0.174. The van der Waals surface area contributed by atoms with E-state index >= 15 is 0 Å². The number of benzene rings is 2. The van der Waals surface area contributed by atoms with Crippen LogP contribution in [-0.2, 0) is 20.8 Å². The molecular weight excluding hydrogens is 478 g/mol. The van der Waals surface area contributed by atoms with Gasteiger partial charge in [0.1, 0.15) is 5.01 Å². The molecule has 34 heavy (non-hydrogen) atoms. The maximum absolute atomic E-state index is 12.4. The highest BCUT2D eigenvalue weighted by molar-refractivity contribution is 7.13. The molecule has 174 valence electrons. The van der Waals surface area contributed by atoms with E-state index in [2.05, 4.69) is 20.9 Å². The van der Waals surface area contributed by atoms with E-state index in [1.54, 1.807) is 30.3 Å². The minimum absolute atomic E-state index is 0.0124. The lowest BCUT2D eigenvalue weighted by Crippen LogP contribution is -2.33. The first-order valence-electron chi connectivity index (χ1n) is 10.4.